The summed E-state index contributed by atoms with van der Waals surface area (Å²) in [6.45, 7) is 3.88. The Hall–Kier alpha value is -0.930. The Morgan fingerprint density at radius 3 is 2.55 bits per heavy atom. The van der Waals surface area contributed by atoms with Crippen LogP contribution in [0.15, 0.2) is 30.3 Å². The molecule has 2 aromatic carbocycles. The first-order valence-electron chi connectivity index (χ1n) is 6.23. The second-order valence-electron chi connectivity index (χ2n) is 4.84. The molecule has 0 heterocycles. The van der Waals surface area contributed by atoms with E-state index < -0.39 is 11.6 Å². The predicted molar refractivity (Wildman–Crippen MR) is 82.7 cm³/mol. The molecule has 2 rings (SSSR count). The number of benzene rings is 2. The van der Waals surface area contributed by atoms with Crippen LogP contribution in [0, 0.1) is 25.5 Å². The molecule has 2 aromatic rings. The Bertz CT molecular complexity index is 641. The fourth-order valence-corrected chi connectivity index (χ4v) is 3.21. The summed E-state index contributed by atoms with van der Waals surface area (Å²) in [6.07, 6.45) is 0.380. The van der Waals surface area contributed by atoms with Crippen LogP contribution in [0.1, 0.15) is 27.1 Å². The monoisotopic (exact) mass is 358 g/mol. The van der Waals surface area contributed by atoms with Crippen molar-refractivity contribution in [3.8, 4) is 0 Å². The van der Waals surface area contributed by atoms with Crippen molar-refractivity contribution in [2.45, 2.75) is 25.1 Å². The van der Waals surface area contributed by atoms with E-state index in [9.17, 15) is 8.78 Å². The maximum atomic E-state index is 13.7. The third-order valence-corrected chi connectivity index (χ3v) is 4.54. The lowest BCUT2D eigenvalue weighted by molar-refractivity contribution is 0.498. The lowest BCUT2D eigenvalue weighted by atomic mass is 9.98. The second-order valence-corrected chi connectivity index (χ2v) is 6.36. The van der Waals surface area contributed by atoms with Crippen LogP contribution in [0.5, 0.6) is 0 Å². The van der Waals surface area contributed by atoms with Crippen LogP contribution in [0.2, 0.25) is 5.02 Å². The molecule has 106 valence electrons. The quantitative estimate of drug-likeness (QED) is 0.597. The Kier molecular flexibility index (Phi) is 4.82. The van der Waals surface area contributed by atoms with Gasteiger partial charge in [0.15, 0.2) is 11.6 Å². The summed E-state index contributed by atoms with van der Waals surface area (Å²) in [6, 6.07) is 8.12. The summed E-state index contributed by atoms with van der Waals surface area (Å²) >= 11 is 9.63. The highest BCUT2D eigenvalue weighted by Gasteiger charge is 2.16. The van der Waals surface area contributed by atoms with Crippen LogP contribution in [0.4, 0.5) is 8.78 Å². The van der Waals surface area contributed by atoms with E-state index in [4.69, 9.17) is 11.6 Å². The minimum absolute atomic E-state index is 0.0882. The highest BCUT2D eigenvalue weighted by Crippen LogP contribution is 2.33. The minimum Gasteiger partial charge on any atom is -0.204 e. The van der Waals surface area contributed by atoms with Gasteiger partial charge in [-0.05, 0) is 54.7 Å². The van der Waals surface area contributed by atoms with Gasteiger partial charge in [0.25, 0.3) is 0 Å². The highest BCUT2D eigenvalue weighted by atomic mass is 79.9. The molecule has 1 unspecified atom stereocenters. The molecule has 0 saturated carbocycles. The van der Waals surface area contributed by atoms with E-state index in [0.717, 1.165) is 22.8 Å². The van der Waals surface area contributed by atoms with Gasteiger partial charge >= 0.3 is 0 Å². The largest absolute Gasteiger partial charge is 0.204 e. The zero-order chi connectivity index (χ0) is 14.9. The number of hydrogen-bond donors (Lipinski definition) is 0. The molecule has 0 aromatic heterocycles. The Balaban J connectivity index is 2.31. The second kappa shape index (κ2) is 6.23. The van der Waals surface area contributed by atoms with Gasteiger partial charge in [-0.25, -0.2) is 8.78 Å². The third kappa shape index (κ3) is 3.21. The highest BCUT2D eigenvalue weighted by molar-refractivity contribution is 9.09. The SMILES string of the molecule is Cc1cc(C(Br)Cc2cccc(F)c2F)c(C)cc1Cl. The van der Waals surface area contributed by atoms with Gasteiger partial charge in [0, 0.05) is 9.85 Å². The number of hydrogen-bond acceptors (Lipinski definition) is 0. The molecule has 0 fully saturated rings. The Morgan fingerprint density at radius 2 is 1.85 bits per heavy atom. The number of halogens is 4. The van der Waals surface area contributed by atoms with Gasteiger partial charge in [0.1, 0.15) is 0 Å². The molecule has 0 bridgehead atoms. The molecule has 0 aliphatic heterocycles. The van der Waals surface area contributed by atoms with E-state index in [1.54, 1.807) is 6.07 Å². The fourth-order valence-electron chi connectivity index (χ4n) is 2.15. The third-order valence-electron chi connectivity index (χ3n) is 3.32. The summed E-state index contributed by atoms with van der Waals surface area (Å²) < 4.78 is 26.9. The van der Waals surface area contributed by atoms with E-state index in [1.807, 2.05) is 26.0 Å². The molecule has 0 saturated heterocycles. The van der Waals surface area contributed by atoms with Crippen molar-refractivity contribution in [2.75, 3.05) is 0 Å². The fraction of sp³-hybridized carbons (Fsp3) is 0.250. The normalized spacial score (nSPS) is 12.5. The molecule has 0 aliphatic rings. The van der Waals surface area contributed by atoms with E-state index in [0.29, 0.717) is 17.0 Å². The number of alkyl halides is 1. The van der Waals surface area contributed by atoms with Gasteiger partial charge in [0.2, 0.25) is 0 Å². The van der Waals surface area contributed by atoms with Crippen molar-refractivity contribution in [1.82, 2.24) is 0 Å². The number of rotatable bonds is 3. The first-order valence-corrected chi connectivity index (χ1v) is 7.53. The van der Waals surface area contributed by atoms with E-state index in [-0.39, 0.29) is 4.83 Å². The average molecular weight is 360 g/mol. The molecular weight excluding hydrogens is 346 g/mol. The summed E-state index contributed by atoms with van der Waals surface area (Å²) in [5.74, 6) is -1.59. The Morgan fingerprint density at radius 1 is 1.15 bits per heavy atom. The molecule has 0 amide bonds. The van der Waals surface area contributed by atoms with E-state index >= 15 is 0 Å². The van der Waals surface area contributed by atoms with Crippen molar-refractivity contribution in [3.63, 3.8) is 0 Å². The zero-order valence-corrected chi connectivity index (χ0v) is 13.5. The van der Waals surface area contributed by atoms with Crippen molar-refractivity contribution in [2.24, 2.45) is 0 Å². The molecule has 0 aliphatic carbocycles. The zero-order valence-electron chi connectivity index (χ0n) is 11.2. The topological polar surface area (TPSA) is 0 Å². The van der Waals surface area contributed by atoms with Crippen LogP contribution < -0.4 is 0 Å². The van der Waals surface area contributed by atoms with Crippen LogP contribution >= 0.6 is 27.5 Å². The lowest BCUT2D eigenvalue weighted by Crippen LogP contribution is -2.02. The molecule has 1 atom stereocenters. The van der Waals surface area contributed by atoms with Crippen LogP contribution in [-0.4, -0.2) is 0 Å². The maximum absolute atomic E-state index is 13.7. The molecule has 20 heavy (non-hydrogen) atoms. The molecule has 0 radical (unpaired) electrons. The van der Waals surface area contributed by atoms with Crippen LogP contribution in [0.3, 0.4) is 0 Å². The van der Waals surface area contributed by atoms with Crippen molar-refractivity contribution in [3.05, 3.63) is 69.2 Å². The van der Waals surface area contributed by atoms with Crippen molar-refractivity contribution in [1.29, 1.82) is 0 Å². The number of aryl methyl sites for hydroxylation is 2. The molecular formula is C16H14BrClF2. The molecule has 4 heteroatoms. The average Bonchev–Trinajstić information content (AvgIpc) is 2.39. The molecule has 0 spiro atoms. The van der Waals surface area contributed by atoms with Gasteiger partial charge in [-0.3, -0.25) is 0 Å². The van der Waals surface area contributed by atoms with Crippen LogP contribution in [0.25, 0.3) is 0 Å². The van der Waals surface area contributed by atoms with Crippen LogP contribution in [-0.2, 0) is 6.42 Å². The summed E-state index contributed by atoms with van der Waals surface area (Å²) in [7, 11) is 0. The smallest absolute Gasteiger partial charge is 0.162 e. The maximum Gasteiger partial charge on any atom is 0.162 e. The first-order chi connectivity index (χ1) is 9.40. The standard InChI is InChI=1S/C16H14BrClF2/c1-9-7-14(18)10(2)6-12(9)13(17)8-11-4-3-5-15(19)16(11)20/h3-7,13H,8H2,1-2H3. The van der Waals surface area contributed by atoms with Gasteiger partial charge in [-0.1, -0.05) is 45.7 Å². The Labute approximate surface area is 130 Å². The van der Waals surface area contributed by atoms with Crippen molar-refractivity contribution >= 4 is 27.5 Å². The van der Waals surface area contributed by atoms with Crippen molar-refractivity contribution < 1.29 is 8.78 Å². The molecule has 0 nitrogen and oxygen atoms in total. The lowest BCUT2D eigenvalue weighted by Gasteiger charge is -2.15. The summed E-state index contributed by atoms with van der Waals surface area (Å²) in [4.78, 5) is -0.0882. The first kappa shape index (κ1) is 15.5. The van der Waals surface area contributed by atoms with Gasteiger partial charge in [0.05, 0.1) is 0 Å². The predicted octanol–water partition coefficient (Wildman–Crippen LogP) is 5.91. The van der Waals surface area contributed by atoms with E-state index in [1.165, 1.54) is 6.07 Å². The van der Waals surface area contributed by atoms with E-state index in [2.05, 4.69) is 15.9 Å². The van der Waals surface area contributed by atoms with Gasteiger partial charge < -0.3 is 0 Å². The van der Waals surface area contributed by atoms with Gasteiger partial charge in [-0.2, -0.15) is 0 Å². The van der Waals surface area contributed by atoms with Gasteiger partial charge in [-0.15, -0.1) is 0 Å². The minimum atomic E-state index is -0.814. The molecule has 0 N–H and O–H groups in total. The summed E-state index contributed by atoms with van der Waals surface area (Å²) in [5, 5.41) is 0.711. The summed E-state index contributed by atoms with van der Waals surface area (Å²) in [5.41, 5.74) is 3.39.